The Labute approximate surface area is 109 Å². The number of primary amides is 1. The predicted octanol–water partition coefficient (Wildman–Crippen LogP) is -0.283. The maximum atomic E-state index is 11.9. The third-order valence-corrected chi connectivity index (χ3v) is 3.70. The summed E-state index contributed by atoms with van der Waals surface area (Å²) in [7, 11) is 0. The molecule has 4 N–H and O–H groups in total. The molecule has 0 saturated carbocycles. The highest BCUT2D eigenvalue weighted by Crippen LogP contribution is 2.07. The number of carbonyl (C=O) groups excluding carboxylic acids is 2. The first-order valence-corrected chi connectivity index (χ1v) is 6.62. The van der Waals surface area contributed by atoms with Crippen molar-refractivity contribution >= 4 is 23.3 Å². The smallest absolute Gasteiger partial charge is 0.314 e. The maximum Gasteiger partial charge on any atom is 0.314 e. The van der Waals surface area contributed by atoms with Crippen LogP contribution in [0.3, 0.4) is 0 Å². The van der Waals surface area contributed by atoms with Crippen LogP contribution in [0.25, 0.3) is 0 Å². The van der Waals surface area contributed by atoms with E-state index in [0.29, 0.717) is 26.2 Å². The summed E-state index contributed by atoms with van der Waals surface area (Å²) in [6.45, 7) is 1.97. The number of rotatable bonds is 3. The quantitative estimate of drug-likeness (QED) is 0.704. The van der Waals surface area contributed by atoms with Gasteiger partial charge < -0.3 is 21.3 Å². The first-order chi connectivity index (χ1) is 8.66. The van der Waals surface area contributed by atoms with Gasteiger partial charge in [0, 0.05) is 24.5 Å². The fourth-order valence-corrected chi connectivity index (χ4v) is 2.48. The van der Waals surface area contributed by atoms with Crippen LogP contribution in [0.4, 0.5) is 4.79 Å². The minimum absolute atomic E-state index is 0.102. The highest BCUT2D eigenvalue weighted by atomic mass is 32.1. The van der Waals surface area contributed by atoms with Crippen molar-refractivity contribution in [1.29, 1.82) is 0 Å². The third-order valence-electron chi connectivity index (χ3n) is 2.82. The van der Waals surface area contributed by atoms with E-state index in [1.807, 2.05) is 17.5 Å². The summed E-state index contributed by atoms with van der Waals surface area (Å²) in [4.78, 5) is 25.6. The fraction of sp³-hybridized carbons (Fsp3) is 0.455. The summed E-state index contributed by atoms with van der Waals surface area (Å²) in [6, 6.07) is 3.05. The minimum atomic E-state index is -0.479. The number of nitrogens with one attached hydrogen (secondary N) is 2. The Bertz CT molecular complexity index is 421. The zero-order valence-corrected chi connectivity index (χ0v) is 10.7. The van der Waals surface area contributed by atoms with Crippen LogP contribution in [0.15, 0.2) is 17.5 Å². The molecule has 0 bridgehead atoms. The Morgan fingerprint density at radius 2 is 2.44 bits per heavy atom. The van der Waals surface area contributed by atoms with Crippen molar-refractivity contribution in [2.45, 2.75) is 12.6 Å². The van der Waals surface area contributed by atoms with Crippen LogP contribution in [-0.4, -0.2) is 42.5 Å². The van der Waals surface area contributed by atoms with E-state index in [2.05, 4.69) is 10.6 Å². The zero-order valence-electron chi connectivity index (χ0n) is 9.89. The van der Waals surface area contributed by atoms with Crippen molar-refractivity contribution in [3.8, 4) is 0 Å². The molecule has 1 aromatic rings. The molecule has 0 radical (unpaired) electrons. The van der Waals surface area contributed by atoms with Gasteiger partial charge in [0.25, 0.3) is 0 Å². The number of hydrogen-bond acceptors (Lipinski definition) is 4. The number of nitrogens with two attached hydrogens (primary N) is 1. The molecule has 6 nitrogen and oxygen atoms in total. The van der Waals surface area contributed by atoms with Crippen molar-refractivity contribution < 1.29 is 9.59 Å². The third kappa shape index (κ3) is 3.21. The molecule has 18 heavy (non-hydrogen) atoms. The number of amides is 3. The Hall–Kier alpha value is -1.60. The predicted molar refractivity (Wildman–Crippen MR) is 69.1 cm³/mol. The first-order valence-electron chi connectivity index (χ1n) is 5.74. The van der Waals surface area contributed by atoms with E-state index in [9.17, 15) is 9.59 Å². The molecule has 1 atom stereocenters. The van der Waals surface area contributed by atoms with Crippen molar-refractivity contribution in [2.24, 2.45) is 5.73 Å². The summed E-state index contributed by atoms with van der Waals surface area (Å²) < 4.78 is 0. The lowest BCUT2D eigenvalue weighted by Gasteiger charge is -2.31. The van der Waals surface area contributed by atoms with Gasteiger partial charge in [-0.25, -0.2) is 4.79 Å². The summed E-state index contributed by atoms with van der Waals surface area (Å²) in [5.74, 6) is -0.102. The van der Waals surface area contributed by atoms with E-state index in [-0.39, 0.29) is 11.9 Å². The molecule has 0 aromatic carbocycles. The van der Waals surface area contributed by atoms with Crippen molar-refractivity contribution in [2.75, 3.05) is 19.6 Å². The van der Waals surface area contributed by atoms with Gasteiger partial charge in [-0.1, -0.05) is 6.07 Å². The van der Waals surface area contributed by atoms with Gasteiger partial charge in [0.1, 0.15) is 6.04 Å². The molecule has 7 heteroatoms. The Balaban J connectivity index is 1.83. The summed E-state index contributed by atoms with van der Waals surface area (Å²) in [6.07, 6.45) is 0. The van der Waals surface area contributed by atoms with Crippen LogP contribution in [0.2, 0.25) is 0 Å². The number of carbonyl (C=O) groups is 2. The van der Waals surface area contributed by atoms with Crippen molar-refractivity contribution in [3.05, 3.63) is 22.4 Å². The maximum absolute atomic E-state index is 11.9. The van der Waals surface area contributed by atoms with Gasteiger partial charge in [-0.05, 0) is 11.4 Å². The molecule has 1 fully saturated rings. The van der Waals surface area contributed by atoms with E-state index in [1.165, 1.54) is 4.90 Å². The molecule has 1 aromatic heterocycles. The second-order valence-electron chi connectivity index (χ2n) is 4.09. The highest BCUT2D eigenvalue weighted by Gasteiger charge is 2.26. The van der Waals surface area contributed by atoms with Crippen LogP contribution in [0.5, 0.6) is 0 Å². The van der Waals surface area contributed by atoms with Gasteiger partial charge in [0.2, 0.25) is 5.91 Å². The lowest BCUT2D eigenvalue weighted by molar-refractivity contribution is -0.124. The number of piperazine rings is 1. The lowest BCUT2D eigenvalue weighted by atomic mass is 10.2. The molecule has 3 amide bonds. The Morgan fingerprint density at radius 1 is 1.61 bits per heavy atom. The normalized spacial score (nSPS) is 19.6. The number of urea groups is 1. The topological polar surface area (TPSA) is 87.5 Å². The van der Waals surface area contributed by atoms with Gasteiger partial charge in [-0.3, -0.25) is 4.79 Å². The molecular weight excluding hydrogens is 252 g/mol. The van der Waals surface area contributed by atoms with Crippen LogP contribution < -0.4 is 16.4 Å². The van der Waals surface area contributed by atoms with E-state index in [4.69, 9.17) is 5.73 Å². The first kappa shape index (κ1) is 12.8. The van der Waals surface area contributed by atoms with Gasteiger partial charge in [0.15, 0.2) is 0 Å². The van der Waals surface area contributed by atoms with Crippen LogP contribution in [0, 0.1) is 0 Å². The summed E-state index contributed by atoms with van der Waals surface area (Å²) in [5, 5.41) is 7.89. The SMILES string of the molecule is NC(=O)N1CCNC(C(=O)NCc2cccs2)C1. The van der Waals surface area contributed by atoms with Crippen LogP contribution in [0.1, 0.15) is 4.88 Å². The van der Waals surface area contributed by atoms with Crippen LogP contribution >= 0.6 is 11.3 Å². The average Bonchev–Trinajstić information content (AvgIpc) is 2.89. The minimum Gasteiger partial charge on any atom is -0.351 e. The monoisotopic (exact) mass is 268 g/mol. The summed E-state index contributed by atoms with van der Waals surface area (Å²) >= 11 is 1.60. The molecule has 1 aliphatic heterocycles. The van der Waals surface area contributed by atoms with Gasteiger partial charge in [-0.15, -0.1) is 11.3 Å². The molecule has 1 unspecified atom stereocenters. The number of hydrogen-bond donors (Lipinski definition) is 3. The van der Waals surface area contributed by atoms with Gasteiger partial charge in [0.05, 0.1) is 6.54 Å². The van der Waals surface area contributed by atoms with Gasteiger partial charge in [-0.2, -0.15) is 0 Å². The molecule has 0 aliphatic carbocycles. The molecule has 2 rings (SSSR count). The molecule has 98 valence electrons. The zero-order chi connectivity index (χ0) is 13.0. The Morgan fingerprint density at radius 3 is 3.11 bits per heavy atom. The highest BCUT2D eigenvalue weighted by molar-refractivity contribution is 7.09. The fourth-order valence-electron chi connectivity index (χ4n) is 1.84. The summed E-state index contributed by atoms with van der Waals surface area (Å²) in [5.41, 5.74) is 5.21. The lowest BCUT2D eigenvalue weighted by Crippen LogP contribution is -2.59. The van der Waals surface area contributed by atoms with Crippen LogP contribution in [-0.2, 0) is 11.3 Å². The molecule has 1 aliphatic rings. The number of thiophene rings is 1. The Kier molecular flexibility index (Phi) is 4.16. The molecule has 0 spiro atoms. The second-order valence-corrected chi connectivity index (χ2v) is 5.12. The van der Waals surface area contributed by atoms with Crippen molar-refractivity contribution in [3.63, 3.8) is 0 Å². The average molecular weight is 268 g/mol. The van der Waals surface area contributed by atoms with E-state index in [0.717, 1.165) is 4.88 Å². The largest absolute Gasteiger partial charge is 0.351 e. The molecule has 2 heterocycles. The van der Waals surface area contributed by atoms with E-state index in [1.54, 1.807) is 11.3 Å². The molecule has 1 saturated heterocycles. The molecular formula is C11H16N4O2S. The standard InChI is InChI=1S/C11H16N4O2S/c12-11(17)15-4-3-13-9(7-15)10(16)14-6-8-2-1-5-18-8/h1-2,5,9,13H,3-4,6-7H2,(H2,12,17)(H,14,16). The van der Waals surface area contributed by atoms with Crippen molar-refractivity contribution in [1.82, 2.24) is 15.5 Å². The van der Waals surface area contributed by atoms with Gasteiger partial charge >= 0.3 is 6.03 Å². The number of nitrogens with zero attached hydrogens (tertiary/aromatic N) is 1. The van der Waals surface area contributed by atoms with E-state index >= 15 is 0 Å². The second kappa shape index (κ2) is 5.83. The van der Waals surface area contributed by atoms with E-state index < -0.39 is 6.03 Å².